The molecule has 4 nitrogen and oxygen atoms in total. The molecule has 0 fully saturated rings. The lowest BCUT2D eigenvalue weighted by molar-refractivity contribution is 0.0656. The van der Waals surface area contributed by atoms with E-state index in [-0.39, 0.29) is 11.8 Å². The van der Waals surface area contributed by atoms with Crippen molar-refractivity contribution >= 4 is 22.7 Å². The Bertz CT molecular complexity index is 949. The molecule has 4 rings (SSSR count). The molecule has 2 amide bonds. The third-order valence-corrected chi connectivity index (χ3v) is 4.74. The number of imide groups is 1. The van der Waals surface area contributed by atoms with Gasteiger partial charge in [-0.25, -0.2) is 0 Å². The summed E-state index contributed by atoms with van der Waals surface area (Å²) in [5, 5.41) is 1.17. The highest BCUT2D eigenvalue weighted by molar-refractivity contribution is 6.21. The molecule has 0 atom stereocenters. The van der Waals surface area contributed by atoms with E-state index in [2.05, 4.69) is 30.1 Å². The second kappa shape index (κ2) is 5.34. The number of H-pyrrole nitrogens is 1. The van der Waals surface area contributed by atoms with Crippen LogP contribution in [0.5, 0.6) is 0 Å². The molecular weight excluding hydrogens is 300 g/mol. The van der Waals surface area contributed by atoms with E-state index in [1.807, 2.05) is 6.92 Å². The number of carbonyl (C=O) groups is 2. The minimum absolute atomic E-state index is 0.190. The van der Waals surface area contributed by atoms with E-state index in [0.29, 0.717) is 24.1 Å². The fourth-order valence-electron chi connectivity index (χ4n) is 3.48. The van der Waals surface area contributed by atoms with Crippen molar-refractivity contribution in [1.82, 2.24) is 9.88 Å². The van der Waals surface area contributed by atoms with E-state index >= 15 is 0 Å². The number of aromatic amines is 1. The van der Waals surface area contributed by atoms with Gasteiger partial charge in [0.05, 0.1) is 11.1 Å². The fraction of sp³-hybridized carbons (Fsp3) is 0.200. The molecule has 0 aliphatic carbocycles. The van der Waals surface area contributed by atoms with Crippen LogP contribution in [0.3, 0.4) is 0 Å². The highest BCUT2D eigenvalue weighted by Crippen LogP contribution is 2.26. The van der Waals surface area contributed by atoms with Gasteiger partial charge in [-0.15, -0.1) is 0 Å². The number of aryl methyl sites for hydroxylation is 2. The van der Waals surface area contributed by atoms with E-state index in [9.17, 15) is 9.59 Å². The van der Waals surface area contributed by atoms with Gasteiger partial charge in [0.1, 0.15) is 0 Å². The van der Waals surface area contributed by atoms with E-state index in [0.717, 1.165) is 11.2 Å². The first-order chi connectivity index (χ1) is 11.6. The quantitative estimate of drug-likeness (QED) is 0.750. The molecule has 0 saturated heterocycles. The van der Waals surface area contributed by atoms with Crippen molar-refractivity contribution < 1.29 is 9.59 Å². The maximum Gasteiger partial charge on any atom is 0.261 e. The van der Waals surface area contributed by atoms with Gasteiger partial charge in [-0.3, -0.25) is 14.5 Å². The average Bonchev–Trinajstić information content (AvgIpc) is 3.01. The van der Waals surface area contributed by atoms with Crippen LogP contribution >= 0.6 is 0 Å². The zero-order chi connectivity index (χ0) is 16.8. The second-order valence-electron chi connectivity index (χ2n) is 6.34. The maximum absolute atomic E-state index is 12.5. The zero-order valence-electron chi connectivity index (χ0n) is 13.7. The Morgan fingerprint density at radius 1 is 0.958 bits per heavy atom. The van der Waals surface area contributed by atoms with Gasteiger partial charge in [-0.2, -0.15) is 0 Å². The average molecular weight is 318 g/mol. The Labute approximate surface area is 140 Å². The third-order valence-electron chi connectivity index (χ3n) is 4.74. The number of aromatic nitrogens is 1. The number of benzene rings is 2. The van der Waals surface area contributed by atoms with Gasteiger partial charge >= 0.3 is 0 Å². The number of nitrogens with zero attached hydrogens (tertiary/aromatic N) is 1. The van der Waals surface area contributed by atoms with E-state index in [4.69, 9.17) is 0 Å². The van der Waals surface area contributed by atoms with Crippen molar-refractivity contribution in [3.05, 3.63) is 70.4 Å². The number of amides is 2. The van der Waals surface area contributed by atoms with Crippen LogP contribution in [-0.2, 0) is 6.42 Å². The lowest BCUT2D eigenvalue weighted by Gasteiger charge is -2.13. The van der Waals surface area contributed by atoms with Crippen molar-refractivity contribution in [3.8, 4) is 0 Å². The molecule has 24 heavy (non-hydrogen) atoms. The van der Waals surface area contributed by atoms with Gasteiger partial charge in [0, 0.05) is 23.1 Å². The molecule has 4 heteroatoms. The smallest absolute Gasteiger partial charge is 0.261 e. The number of hydrogen-bond donors (Lipinski definition) is 1. The Hall–Kier alpha value is -2.88. The molecule has 1 N–H and O–H groups in total. The van der Waals surface area contributed by atoms with Crippen molar-refractivity contribution in [2.75, 3.05) is 6.54 Å². The van der Waals surface area contributed by atoms with E-state index in [1.165, 1.54) is 21.4 Å². The summed E-state index contributed by atoms with van der Waals surface area (Å²) in [6.07, 6.45) is 0.654. The maximum atomic E-state index is 12.5. The molecule has 0 radical (unpaired) electrons. The predicted molar refractivity (Wildman–Crippen MR) is 93.3 cm³/mol. The van der Waals surface area contributed by atoms with E-state index in [1.54, 1.807) is 24.3 Å². The summed E-state index contributed by atoms with van der Waals surface area (Å²) < 4.78 is 0. The number of rotatable bonds is 3. The van der Waals surface area contributed by atoms with Gasteiger partial charge in [0.2, 0.25) is 0 Å². The van der Waals surface area contributed by atoms with Crippen LogP contribution in [0.1, 0.15) is 37.5 Å². The van der Waals surface area contributed by atoms with Crippen LogP contribution in [0, 0.1) is 13.8 Å². The summed E-state index contributed by atoms with van der Waals surface area (Å²) >= 11 is 0. The summed E-state index contributed by atoms with van der Waals surface area (Å²) in [5.41, 5.74) is 5.57. The molecule has 0 saturated carbocycles. The van der Waals surface area contributed by atoms with Gasteiger partial charge in [-0.05, 0) is 50.1 Å². The minimum Gasteiger partial charge on any atom is -0.358 e. The van der Waals surface area contributed by atoms with Crippen LogP contribution < -0.4 is 0 Å². The summed E-state index contributed by atoms with van der Waals surface area (Å²) in [4.78, 5) is 29.7. The zero-order valence-corrected chi connectivity index (χ0v) is 13.7. The highest BCUT2D eigenvalue weighted by Gasteiger charge is 2.34. The molecule has 120 valence electrons. The fourth-order valence-corrected chi connectivity index (χ4v) is 3.48. The number of fused-ring (bicyclic) bond motifs is 2. The number of hydrogen-bond acceptors (Lipinski definition) is 2. The van der Waals surface area contributed by atoms with Crippen LogP contribution in [0.15, 0.2) is 42.5 Å². The molecule has 0 bridgehead atoms. The Morgan fingerprint density at radius 3 is 2.29 bits per heavy atom. The SMILES string of the molecule is Cc1ccc2[nH]c(C)c(CCN3C(=O)c4ccccc4C3=O)c2c1. The monoisotopic (exact) mass is 318 g/mol. The van der Waals surface area contributed by atoms with Gasteiger partial charge in [0.15, 0.2) is 0 Å². The molecule has 3 aromatic rings. The molecule has 2 heterocycles. The van der Waals surface area contributed by atoms with Gasteiger partial charge in [0.25, 0.3) is 11.8 Å². The third kappa shape index (κ3) is 2.14. The highest BCUT2D eigenvalue weighted by atomic mass is 16.2. The van der Waals surface area contributed by atoms with Crippen LogP contribution in [0.25, 0.3) is 10.9 Å². The minimum atomic E-state index is -0.190. The molecule has 2 aromatic carbocycles. The molecule has 1 aliphatic rings. The standard InChI is InChI=1S/C20H18N2O2/c1-12-7-8-18-17(11-12)14(13(2)21-18)9-10-22-19(23)15-5-3-4-6-16(15)20(22)24/h3-8,11,21H,9-10H2,1-2H3. The van der Waals surface area contributed by atoms with Crippen molar-refractivity contribution in [1.29, 1.82) is 0 Å². The molecular formula is C20H18N2O2. The first-order valence-electron chi connectivity index (χ1n) is 8.09. The number of nitrogens with one attached hydrogen (secondary N) is 1. The topological polar surface area (TPSA) is 53.2 Å². The normalized spacial score (nSPS) is 13.8. The van der Waals surface area contributed by atoms with Crippen LogP contribution in [-0.4, -0.2) is 28.2 Å². The summed E-state index contributed by atoms with van der Waals surface area (Å²) in [7, 11) is 0. The molecule has 0 spiro atoms. The largest absolute Gasteiger partial charge is 0.358 e. The Morgan fingerprint density at radius 2 is 1.62 bits per heavy atom. The van der Waals surface area contributed by atoms with Crippen LogP contribution in [0.4, 0.5) is 0 Å². The molecule has 1 aliphatic heterocycles. The van der Waals surface area contributed by atoms with Gasteiger partial charge in [-0.1, -0.05) is 23.8 Å². The van der Waals surface area contributed by atoms with Crippen molar-refractivity contribution in [2.24, 2.45) is 0 Å². The lowest BCUT2D eigenvalue weighted by Crippen LogP contribution is -2.31. The first-order valence-corrected chi connectivity index (χ1v) is 8.09. The molecule has 1 aromatic heterocycles. The summed E-state index contributed by atoms with van der Waals surface area (Å²) in [6.45, 7) is 4.50. The number of carbonyl (C=O) groups excluding carboxylic acids is 2. The summed E-state index contributed by atoms with van der Waals surface area (Å²) in [6, 6.07) is 13.3. The molecule has 0 unspecified atom stereocenters. The first kappa shape index (κ1) is 14.7. The van der Waals surface area contributed by atoms with E-state index < -0.39 is 0 Å². The van der Waals surface area contributed by atoms with Crippen molar-refractivity contribution in [3.63, 3.8) is 0 Å². The lowest BCUT2D eigenvalue weighted by atomic mass is 10.1. The second-order valence-corrected chi connectivity index (χ2v) is 6.34. The predicted octanol–water partition coefficient (Wildman–Crippen LogP) is 3.62. The van der Waals surface area contributed by atoms with Gasteiger partial charge < -0.3 is 4.98 Å². The van der Waals surface area contributed by atoms with Crippen molar-refractivity contribution in [2.45, 2.75) is 20.3 Å². The van der Waals surface area contributed by atoms with Crippen LogP contribution in [0.2, 0.25) is 0 Å². The Balaban J connectivity index is 1.63. The Kier molecular flexibility index (Phi) is 3.27. The summed E-state index contributed by atoms with van der Waals surface area (Å²) in [5.74, 6) is -0.381.